The molecule has 7 nitrogen and oxygen atoms in total. The Morgan fingerprint density at radius 3 is 2.31 bits per heavy atom. The Morgan fingerprint density at radius 1 is 1.03 bits per heavy atom. The van der Waals surface area contributed by atoms with E-state index in [1.807, 2.05) is 25.1 Å². The van der Waals surface area contributed by atoms with Gasteiger partial charge in [-0.2, -0.15) is 0 Å². The number of carbonyl (C=O) groups excluding carboxylic acids is 1. The van der Waals surface area contributed by atoms with Crippen molar-refractivity contribution < 1.29 is 23.1 Å². The first-order chi connectivity index (χ1) is 16.8. The Balaban J connectivity index is 0.000000320. The van der Waals surface area contributed by atoms with E-state index in [1.54, 1.807) is 67.6 Å². The maximum absolute atomic E-state index is 13.2. The van der Waals surface area contributed by atoms with Crippen LogP contribution < -0.4 is 10.0 Å². The molecule has 0 spiro atoms. The van der Waals surface area contributed by atoms with E-state index in [0.717, 1.165) is 11.1 Å². The van der Waals surface area contributed by atoms with E-state index >= 15 is 0 Å². The first-order valence-corrected chi connectivity index (χ1v) is 12.7. The number of aliphatic hydroxyl groups excluding tert-OH is 1. The van der Waals surface area contributed by atoms with Crippen LogP contribution in [-0.2, 0) is 26.2 Å². The number of benzene rings is 3. The molecule has 3 aromatic carbocycles. The molecule has 0 unspecified atom stereocenters. The number of nitrogens with zero attached hydrogens (tertiary/aromatic N) is 1. The number of anilines is 2. The molecule has 1 aliphatic heterocycles. The maximum Gasteiger partial charge on any atom is 0.334 e. The van der Waals surface area contributed by atoms with E-state index in [1.165, 1.54) is 4.31 Å². The Bertz CT molecular complexity index is 1300. The van der Waals surface area contributed by atoms with Gasteiger partial charge in [0, 0.05) is 23.4 Å². The number of ether oxygens (including phenoxy) is 1. The summed E-state index contributed by atoms with van der Waals surface area (Å²) in [5.74, 6) is -0.406. The van der Waals surface area contributed by atoms with E-state index in [9.17, 15) is 13.2 Å². The molecule has 0 amide bonds. The number of hydrogen-bond acceptors (Lipinski definition) is 6. The smallest absolute Gasteiger partial charge is 0.334 e. The molecular weight excluding hydrogens is 464 g/mol. The van der Waals surface area contributed by atoms with E-state index in [4.69, 9.17) is 15.6 Å². The quantitative estimate of drug-likeness (QED) is 0.404. The number of para-hydroxylation sites is 2. The highest BCUT2D eigenvalue weighted by molar-refractivity contribution is 7.92. The average molecular weight is 495 g/mol. The minimum Gasteiger partial charge on any atom is -0.463 e. The molecule has 3 N–H and O–H groups in total. The van der Waals surface area contributed by atoms with Crippen LogP contribution >= 0.6 is 0 Å². The topological polar surface area (TPSA) is 110 Å². The largest absolute Gasteiger partial charge is 0.463 e. The third kappa shape index (κ3) is 6.29. The zero-order chi connectivity index (χ0) is 25.4. The summed E-state index contributed by atoms with van der Waals surface area (Å²) in [6, 6.07) is 21.2. The Labute approximate surface area is 206 Å². The Hall–Kier alpha value is -3.62. The molecule has 0 bridgehead atoms. The Morgan fingerprint density at radius 2 is 1.69 bits per heavy atom. The van der Waals surface area contributed by atoms with Gasteiger partial charge in [0.2, 0.25) is 0 Å². The molecule has 0 aliphatic carbocycles. The number of sulfonamides is 1. The van der Waals surface area contributed by atoms with Crippen molar-refractivity contribution in [3.63, 3.8) is 0 Å². The number of fused-ring (bicyclic) bond motifs is 1. The summed E-state index contributed by atoms with van der Waals surface area (Å²) in [5.41, 5.74) is 9.62. The van der Waals surface area contributed by atoms with Crippen LogP contribution in [0.1, 0.15) is 30.0 Å². The number of aliphatic hydroxyl groups is 1. The predicted molar refractivity (Wildman–Crippen MR) is 138 cm³/mol. The lowest BCUT2D eigenvalue weighted by molar-refractivity contribution is -0.138. The van der Waals surface area contributed by atoms with Crippen molar-refractivity contribution in [1.82, 2.24) is 0 Å². The second kappa shape index (κ2) is 11.7. The van der Waals surface area contributed by atoms with Crippen LogP contribution in [0.3, 0.4) is 0 Å². The van der Waals surface area contributed by atoms with Gasteiger partial charge in [-0.3, -0.25) is 4.31 Å². The number of nitrogen functional groups attached to an aromatic ring is 1. The second-order valence-corrected chi connectivity index (χ2v) is 9.81. The first-order valence-electron chi connectivity index (χ1n) is 11.3. The molecule has 1 heterocycles. The van der Waals surface area contributed by atoms with Crippen molar-refractivity contribution in [2.24, 2.45) is 0 Å². The summed E-state index contributed by atoms with van der Waals surface area (Å²) in [6.45, 7) is 4.14. The van der Waals surface area contributed by atoms with E-state index < -0.39 is 16.0 Å². The fourth-order valence-electron chi connectivity index (χ4n) is 3.59. The van der Waals surface area contributed by atoms with Crippen molar-refractivity contribution in [3.05, 3.63) is 95.1 Å². The van der Waals surface area contributed by atoms with Crippen LogP contribution in [0.15, 0.2) is 83.3 Å². The second-order valence-electron chi connectivity index (χ2n) is 7.95. The number of carbonyl (C=O) groups is 1. The summed E-state index contributed by atoms with van der Waals surface area (Å²) in [6.07, 6.45) is 2.01. The highest BCUT2D eigenvalue weighted by Gasteiger charge is 2.29. The lowest BCUT2D eigenvalue weighted by Crippen LogP contribution is -2.32. The minimum absolute atomic E-state index is 0.0205. The van der Waals surface area contributed by atoms with Gasteiger partial charge in [0.25, 0.3) is 10.0 Å². The van der Waals surface area contributed by atoms with Gasteiger partial charge in [-0.15, -0.1) is 0 Å². The van der Waals surface area contributed by atoms with Crippen molar-refractivity contribution in [3.8, 4) is 0 Å². The van der Waals surface area contributed by atoms with Crippen molar-refractivity contribution in [1.29, 1.82) is 0 Å². The van der Waals surface area contributed by atoms with Gasteiger partial charge in [-0.25, -0.2) is 13.2 Å². The third-order valence-electron chi connectivity index (χ3n) is 5.49. The molecule has 35 heavy (non-hydrogen) atoms. The molecule has 0 saturated heterocycles. The molecule has 184 valence electrons. The molecule has 3 aromatic rings. The minimum atomic E-state index is -3.73. The standard InChI is InChI=1S/C20H21NO4S.C7H9NO/c1-3-25-20(22)17-12-13-21(19-7-5-4-6-16(19)14-17)26(23,24)18-10-8-15(2)9-11-18;8-7-4-2-1-3-6(7)5-9/h4-11,14H,3,12-13H2,1-2H3;1-4,9H,5,8H2. The molecule has 0 atom stereocenters. The SMILES string of the molecule is CCOC(=O)C1=Cc2ccccc2N(S(=O)(=O)c2ccc(C)cc2)CC1.Nc1ccccc1CO. The zero-order valence-electron chi connectivity index (χ0n) is 19.8. The van der Waals surface area contributed by atoms with Crippen LogP contribution in [0.5, 0.6) is 0 Å². The summed E-state index contributed by atoms with van der Waals surface area (Å²) in [7, 11) is -3.73. The van der Waals surface area contributed by atoms with Crippen LogP contribution in [0.2, 0.25) is 0 Å². The maximum atomic E-state index is 13.2. The zero-order valence-corrected chi connectivity index (χ0v) is 20.7. The van der Waals surface area contributed by atoms with Gasteiger partial charge < -0.3 is 15.6 Å². The normalized spacial score (nSPS) is 13.0. The van der Waals surface area contributed by atoms with E-state index in [0.29, 0.717) is 28.9 Å². The summed E-state index contributed by atoms with van der Waals surface area (Å²) in [4.78, 5) is 12.4. The number of hydrogen-bond donors (Lipinski definition) is 2. The number of esters is 1. The fraction of sp³-hybridized carbons (Fsp3) is 0.222. The molecule has 0 saturated carbocycles. The first kappa shape index (κ1) is 26.0. The summed E-state index contributed by atoms with van der Waals surface area (Å²) in [5, 5.41) is 8.64. The number of rotatable bonds is 5. The molecule has 0 aromatic heterocycles. The predicted octanol–water partition coefficient (Wildman–Crippen LogP) is 4.30. The van der Waals surface area contributed by atoms with Crippen molar-refractivity contribution in [2.45, 2.75) is 31.8 Å². The molecule has 1 aliphatic rings. The van der Waals surface area contributed by atoms with Gasteiger partial charge in [-0.1, -0.05) is 54.1 Å². The van der Waals surface area contributed by atoms with E-state index in [-0.39, 0.29) is 24.7 Å². The van der Waals surface area contributed by atoms with Crippen LogP contribution in [-0.4, -0.2) is 32.6 Å². The molecule has 0 fully saturated rings. The lowest BCUT2D eigenvalue weighted by Gasteiger charge is -2.24. The average Bonchev–Trinajstić information content (AvgIpc) is 3.06. The van der Waals surface area contributed by atoms with Gasteiger partial charge in [0.05, 0.1) is 23.8 Å². The Kier molecular flexibility index (Phi) is 8.68. The highest BCUT2D eigenvalue weighted by Crippen LogP contribution is 2.32. The monoisotopic (exact) mass is 494 g/mol. The molecular formula is C27H30N2O5S. The molecule has 0 radical (unpaired) electrons. The van der Waals surface area contributed by atoms with Crippen molar-refractivity contribution in [2.75, 3.05) is 23.2 Å². The van der Waals surface area contributed by atoms with Crippen molar-refractivity contribution >= 4 is 33.4 Å². The van der Waals surface area contributed by atoms with Crippen LogP contribution in [0.25, 0.3) is 6.08 Å². The van der Waals surface area contributed by atoms with E-state index in [2.05, 4.69) is 0 Å². The molecule has 4 rings (SSSR count). The van der Waals surface area contributed by atoms with Gasteiger partial charge in [-0.05, 0) is 56.2 Å². The third-order valence-corrected chi connectivity index (χ3v) is 7.32. The fourth-order valence-corrected chi connectivity index (χ4v) is 5.08. The summed E-state index contributed by atoms with van der Waals surface area (Å²) < 4.78 is 32.9. The van der Waals surface area contributed by atoms with Gasteiger partial charge >= 0.3 is 5.97 Å². The van der Waals surface area contributed by atoms with Crippen LogP contribution in [0.4, 0.5) is 11.4 Å². The molecule has 8 heteroatoms. The van der Waals surface area contributed by atoms with Gasteiger partial charge in [0.15, 0.2) is 0 Å². The summed E-state index contributed by atoms with van der Waals surface area (Å²) >= 11 is 0. The lowest BCUT2D eigenvalue weighted by atomic mass is 10.1. The number of aryl methyl sites for hydroxylation is 1. The van der Waals surface area contributed by atoms with Gasteiger partial charge in [0.1, 0.15) is 0 Å². The highest BCUT2D eigenvalue weighted by atomic mass is 32.2. The number of nitrogens with two attached hydrogens (primary N) is 1. The van der Waals surface area contributed by atoms with Crippen LogP contribution in [0, 0.1) is 6.92 Å².